The predicted octanol–water partition coefficient (Wildman–Crippen LogP) is 4.09. The molecule has 2 amide bonds. The Hall–Kier alpha value is -4.13. The molecule has 0 aliphatic heterocycles. The smallest absolute Gasteiger partial charge is 0.258 e. The van der Waals surface area contributed by atoms with Gasteiger partial charge in [-0.25, -0.2) is 4.98 Å². The van der Waals surface area contributed by atoms with Crippen LogP contribution in [0.25, 0.3) is 0 Å². The minimum Gasteiger partial charge on any atom is -0.321 e. The van der Waals surface area contributed by atoms with Crippen molar-refractivity contribution in [2.45, 2.75) is 0 Å². The number of carbonyl (C=O) groups excluding carboxylic acids is 2. The summed E-state index contributed by atoms with van der Waals surface area (Å²) in [5, 5.41) is 14.5. The highest BCUT2D eigenvalue weighted by Gasteiger charge is 2.16. The van der Waals surface area contributed by atoms with Gasteiger partial charge in [0.05, 0.1) is 22.9 Å². The second kappa shape index (κ2) is 8.71. The number of hydrogen-bond acceptors (Lipinski definition) is 4. The number of hydrogen-bond donors (Lipinski definition) is 2. The Balaban J connectivity index is 1.82. The largest absolute Gasteiger partial charge is 0.321 e. The van der Waals surface area contributed by atoms with E-state index in [-0.39, 0.29) is 11.3 Å². The predicted molar refractivity (Wildman–Crippen MR) is 111 cm³/mol. The topological polar surface area (TPSA) is 94.9 Å². The molecule has 0 aliphatic rings. The third kappa shape index (κ3) is 4.78. The van der Waals surface area contributed by atoms with Gasteiger partial charge in [-0.3, -0.25) is 9.59 Å². The van der Waals surface area contributed by atoms with Crippen LogP contribution in [0.3, 0.4) is 0 Å². The van der Waals surface area contributed by atoms with Crippen LogP contribution >= 0.6 is 11.6 Å². The summed E-state index contributed by atoms with van der Waals surface area (Å²) >= 11 is 6.03. The molecule has 0 atom stereocenters. The standard InChI is InChI=1S/C22H13ClN4O2/c1-2-14-5-10-20(25-13-14)27-22(29)18-11-17(23)8-9-19(18)26-21(28)16-6-3-15(12-24)4-7-16/h1,3-11,13H,(H,26,28)(H,25,27,29). The lowest BCUT2D eigenvalue weighted by atomic mass is 10.1. The van der Waals surface area contributed by atoms with E-state index in [1.54, 1.807) is 18.2 Å². The number of nitrogens with zero attached hydrogens (tertiary/aromatic N) is 2. The molecular weight excluding hydrogens is 388 g/mol. The zero-order chi connectivity index (χ0) is 20.8. The fourth-order valence-electron chi connectivity index (χ4n) is 2.44. The summed E-state index contributed by atoms with van der Waals surface area (Å²) in [6.07, 6.45) is 6.75. The van der Waals surface area contributed by atoms with Gasteiger partial charge in [0, 0.05) is 22.3 Å². The molecule has 0 radical (unpaired) electrons. The summed E-state index contributed by atoms with van der Waals surface area (Å²) in [7, 11) is 0. The van der Waals surface area contributed by atoms with E-state index in [0.717, 1.165) is 0 Å². The molecule has 0 aliphatic carbocycles. The molecule has 0 fully saturated rings. The molecule has 29 heavy (non-hydrogen) atoms. The lowest BCUT2D eigenvalue weighted by Crippen LogP contribution is -2.18. The summed E-state index contributed by atoms with van der Waals surface area (Å²) in [5.74, 6) is 1.82. The third-order valence-electron chi connectivity index (χ3n) is 3.92. The van der Waals surface area contributed by atoms with Crippen molar-refractivity contribution in [3.05, 3.63) is 88.1 Å². The Labute approximate surface area is 172 Å². The minimum absolute atomic E-state index is 0.169. The van der Waals surface area contributed by atoms with Gasteiger partial charge in [-0.15, -0.1) is 6.42 Å². The molecule has 3 aromatic rings. The van der Waals surface area contributed by atoms with Gasteiger partial charge in [0.2, 0.25) is 0 Å². The van der Waals surface area contributed by atoms with Gasteiger partial charge in [0.25, 0.3) is 11.8 Å². The summed E-state index contributed by atoms with van der Waals surface area (Å²) < 4.78 is 0. The van der Waals surface area contributed by atoms with Gasteiger partial charge in [-0.2, -0.15) is 5.26 Å². The molecule has 3 rings (SSSR count). The number of carbonyl (C=O) groups is 2. The Morgan fingerprint density at radius 2 is 1.69 bits per heavy atom. The number of amides is 2. The van der Waals surface area contributed by atoms with E-state index in [1.807, 2.05) is 6.07 Å². The summed E-state index contributed by atoms with van der Waals surface area (Å²) in [6, 6.07) is 15.9. The van der Waals surface area contributed by atoms with Gasteiger partial charge in [0.15, 0.2) is 0 Å². The maximum atomic E-state index is 12.7. The number of halogens is 1. The molecular formula is C22H13ClN4O2. The first kappa shape index (κ1) is 19.6. The number of anilines is 2. The van der Waals surface area contributed by atoms with Gasteiger partial charge in [-0.05, 0) is 54.6 Å². The molecule has 1 aromatic heterocycles. The summed E-state index contributed by atoms with van der Waals surface area (Å²) in [4.78, 5) is 29.3. The lowest BCUT2D eigenvalue weighted by Gasteiger charge is -2.12. The first-order valence-corrected chi connectivity index (χ1v) is 8.73. The van der Waals surface area contributed by atoms with Crippen molar-refractivity contribution in [3.8, 4) is 18.4 Å². The minimum atomic E-state index is -0.497. The van der Waals surface area contributed by atoms with Crippen molar-refractivity contribution < 1.29 is 9.59 Å². The van der Waals surface area contributed by atoms with Gasteiger partial charge in [0.1, 0.15) is 5.82 Å². The first-order valence-electron chi connectivity index (χ1n) is 8.35. The number of benzene rings is 2. The van der Waals surface area contributed by atoms with Gasteiger partial charge in [-0.1, -0.05) is 17.5 Å². The van der Waals surface area contributed by atoms with Crippen LogP contribution in [0.4, 0.5) is 11.5 Å². The van der Waals surface area contributed by atoms with Crippen LogP contribution in [-0.2, 0) is 0 Å². The fourth-order valence-corrected chi connectivity index (χ4v) is 2.61. The van der Waals surface area contributed by atoms with Crippen LogP contribution in [0.2, 0.25) is 5.02 Å². The molecule has 2 aromatic carbocycles. The van der Waals surface area contributed by atoms with Crippen molar-refractivity contribution in [1.29, 1.82) is 5.26 Å². The van der Waals surface area contributed by atoms with E-state index in [9.17, 15) is 9.59 Å². The second-order valence-corrected chi connectivity index (χ2v) is 6.30. The molecule has 0 saturated heterocycles. The van der Waals surface area contributed by atoms with E-state index in [1.165, 1.54) is 42.6 Å². The molecule has 0 bridgehead atoms. The molecule has 0 unspecified atom stereocenters. The number of pyridine rings is 1. The highest BCUT2D eigenvalue weighted by molar-refractivity contribution is 6.31. The maximum absolute atomic E-state index is 12.7. The average molecular weight is 401 g/mol. The Morgan fingerprint density at radius 1 is 0.966 bits per heavy atom. The van der Waals surface area contributed by atoms with Crippen molar-refractivity contribution in [2.24, 2.45) is 0 Å². The highest BCUT2D eigenvalue weighted by atomic mass is 35.5. The number of rotatable bonds is 4. The Bertz CT molecular complexity index is 1160. The highest BCUT2D eigenvalue weighted by Crippen LogP contribution is 2.23. The van der Waals surface area contributed by atoms with Crippen LogP contribution in [0.1, 0.15) is 31.8 Å². The quantitative estimate of drug-likeness (QED) is 0.645. The number of nitriles is 1. The Morgan fingerprint density at radius 3 is 2.31 bits per heavy atom. The van der Waals surface area contributed by atoms with Crippen molar-refractivity contribution >= 4 is 34.9 Å². The number of aromatic nitrogens is 1. The number of nitrogens with one attached hydrogen (secondary N) is 2. The second-order valence-electron chi connectivity index (χ2n) is 5.86. The Kier molecular flexibility index (Phi) is 5.89. The molecule has 7 heteroatoms. The van der Waals surface area contributed by atoms with Crippen molar-refractivity contribution in [2.75, 3.05) is 10.6 Å². The molecule has 0 spiro atoms. The van der Waals surface area contributed by atoms with Crippen LogP contribution in [0.5, 0.6) is 0 Å². The normalized spacial score (nSPS) is 9.76. The van der Waals surface area contributed by atoms with E-state index < -0.39 is 11.8 Å². The van der Waals surface area contributed by atoms with Crippen LogP contribution in [0.15, 0.2) is 60.8 Å². The molecule has 0 saturated carbocycles. The maximum Gasteiger partial charge on any atom is 0.258 e. The molecule has 1 heterocycles. The van der Waals surface area contributed by atoms with E-state index in [0.29, 0.717) is 27.5 Å². The lowest BCUT2D eigenvalue weighted by molar-refractivity contribution is 0.102. The third-order valence-corrected chi connectivity index (χ3v) is 4.16. The van der Waals surface area contributed by atoms with Gasteiger partial charge < -0.3 is 10.6 Å². The summed E-state index contributed by atoms with van der Waals surface area (Å²) in [5.41, 5.74) is 1.82. The number of terminal acetylenes is 1. The molecule has 140 valence electrons. The average Bonchev–Trinajstić information content (AvgIpc) is 2.75. The molecule has 6 nitrogen and oxygen atoms in total. The van der Waals surface area contributed by atoms with E-state index in [2.05, 4.69) is 21.5 Å². The van der Waals surface area contributed by atoms with Gasteiger partial charge >= 0.3 is 0 Å². The van der Waals surface area contributed by atoms with Crippen molar-refractivity contribution in [3.63, 3.8) is 0 Å². The summed E-state index contributed by atoms with van der Waals surface area (Å²) in [6.45, 7) is 0. The van der Waals surface area contributed by atoms with Crippen LogP contribution < -0.4 is 10.6 Å². The van der Waals surface area contributed by atoms with Crippen molar-refractivity contribution in [1.82, 2.24) is 4.98 Å². The van der Waals surface area contributed by atoms with E-state index in [4.69, 9.17) is 23.3 Å². The van der Waals surface area contributed by atoms with Crippen LogP contribution in [-0.4, -0.2) is 16.8 Å². The van der Waals surface area contributed by atoms with Crippen LogP contribution in [0, 0.1) is 23.7 Å². The SMILES string of the molecule is C#Cc1ccc(NC(=O)c2cc(Cl)ccc2NC(=O)c2ccc(C#N)cc2)nc1. The monoisotopic (exact) mass is 400 g/mol. The van der Waals surface area contributed by atoms with E-state index >= 15 is 0 Å². The zero-order valence-corrected chi connectivity index (χ0v) is 15.7. The zero-order valence-electron chi connectivity index (χ0n) is 14.9. The molecule has 2 N–H and O–H groups in total. The fraction of sp³-hybridized carbons (Fsp3) is 0. The first-order chi connectivity index (χ1) is 14.0.